The molecule has 3 rings (SSSR count). The van der Waals surface area contributed by atoms with E-state index in [0.717, 1.165) is 25.9 Å². The summed E-state index contributed by atoms with van der Waals surface area (Å²) >= 11 is 0. The minimum atomic E-state index is 0.153. The fourth-order valence-corrected chi connectivity index (χ4v) is 3.67. The molecule has 0 radical (unpaired) electrons. The topological polar surface area (TPSA) is 38.3 Å². The Morgan fingerprint density at radius 2 is 1.76 bits per heavy atom. The molecule has 1 aliphatic carbocycles. The van der Waals surface area contributed by atoms with E-state index in [-0.39, 0.29) is 11.9 Å². The molecule has 1 fully saturated rings. The monoisotopic (exact) mass is 337 g/mol. The molecular weight excluding hydrogens is 310 g/mol. The maximum atomic E-state index is 12.3. The van der Waals surface area contributed by atoms with Gasteiger partial charge in [-0.1, -0.05) is 61.0 Å². The average Bonchev–Trinajstić information content (AvgIpc) is 3.08. The van der Waals surface area contributed by atoms with Crippen molar-refractivity contribution in [2.75, 3.05) is 13.7 Å². The predicted molar refractivity (Wildman–Crippen MR) is 101 cm³/mol. The third kappa shape index (κ3) is 4.93. The zero-order valence-corrected chi connectivity index (χ0v) is 14.9. The van der Waals surface area contributed by atoms with Crippen molar-refractivity contribution < 1.29 is 9.53 Å². The van der Waals surface area contributed by atoms with Gasteiger partial charge in [0.1, 0.15) is 0 Å². The number of benzene rings is 2. The van der Waals surface area contributed by atoms with Crippen LogP contribution in [0.25, 0.3) is 11.1 Å². The van der Waals surface area contributed by atoms with Crippen molar-refractivity contribution in [1.29, 1.82) is 0 Å². The molecule has 3 nitrogen and oxygen atoms in total. The SMILES string of the molecule is COC[C@H]1CCC[C@H]1NC(=O)CCc1ccc(-c2ccccc2)cc1. The highest BCUT2D eigenvalue weighted by Crippen LogP contribution is 2.26. The predicted octanol–water partition coefficient (Wildman–Crippen LogP) is 4.22. The summed E-state index contributed by atoms with van der Waals surface area (Å²) in [6.07, 6.45) is 4.73. The first-order valence-electron chi connectivity index (χ1n) is 9.19. The number of methoxy groups -OCH3 is 1. The van der Waals surface area contributed by atoms with Gasteiger partial charge in [-0.2, -0.15) is 0 Å². The van der Waals surface area contributed by atoms with Crippen LogP contribution >= 0.6 is 0 Å². The molecule has 1 N–H and O–H groups in total. The quantitative estimate of drug-likeness (QED) is 0.821. The molecule has 1 aliphatic rings. The van der Waals surface area contributed by atoms with Crippen LogP contribution in [-0.2, 0) is 16.0 Å². The van der Waals surface area contributed by atoms with Crippen molar-refractivity contribution in [1.82, 2.24) is 5.32 Å². The van der Waals surface area contributed by atoms with Crippen LogP contribution in [0.2, 0.25) is 0 Å². The molecule has 0 saturated heterocycles. The van der Waals surface area contributed by atoms with E-state index in [1.807, 2.05) is 18.2 Å². The first kappa shape index (κ1) is 17.7. The molecule has 0 unspecified atom stereocenters. The molecule has 0 bridgehead atoms. The Labute approximate surface area is 150 Å². The van der Waals surface area contributed by atoms with Crippen LogP contribution in [0.5, 0.6) is 0 Å². The minimum Gasteiger partial charge on any atom is -0.384 e. The lowest BCUT2D eigenvalue weighted by Crippen LogP contribution is -2.38. The second-order valence-electron chi connectivity index (χ2n) is 6.88. The van der Waals surface area contributed by atoms with Gasteiger partial charge in [-0.05, 0) is 36.0 Å². The first-order chi connectivity index (χ1) is 12.3. The fraction of sp³-hybridized carbons (Fsp3) is 0.409. The highest BCUT2D eigenvalue weighted by atomic mass is 16.5. The van der Waals surface area contributed by atoms with Crippen molar-refractivity contribution in [3.8, 4) is 11.1 Å². The van der Waals surface area contributed by atoms with Gasteiger partial charge in [-0.25, -0.2) is 0 Å². The molecule has 2 aromatic carbocycles. The third-order valence-electron chi connectivity index (χ3n) is 5.09. The van der Waals surface area contributed by atoms with Crippen molar-refractivity contribution in [2.45, 2.75) is 38.1 Å². The maximum absolute atomic E-state index is 12.3. The molecule has 0 aromatic heterocycles. The molecule has 2 atom stereocenters. The van der Waals surface area contributed by atoms with Gasteiger partial charge in [-0.15, -0.1) is 0 Å². The first-order valence-corrected chi connectivity index (χ1v) is 9.19. The van der Waals surface area contributed by atoms with Gasteiger partial charge in [0.25, 0.3) is 0 Å². The number of rotatable bonds is 7. The van der Waals surface area contributed by atoms with Crippen molar-refractivity contribution >= 4 is 5.91 Å². The van der Waals surface area contributed by atoms with Gasteiger partial charge in [0.15, 0.2) is 0 Å². The van der Waals surface area contributed by atoms with Crippen LogP contribution in [0.4, 0.5) is 0 Å². The summed E-state index contributed by atoms with van der Waals surface area (Å²) in [5, 5.41) is 3.20. The molecule has 0 spiro atoms. The van der Waals surface area contributed by atoms with Gasteiger partial charge in [0.2, 0.25) is 5.91 Å². The van der Waals surface area contributed by atoms with E-state index in [0.29, 0.717) is 12.3 Å². The number of nitrogens with one attached hydrogen (secondary N) is 1. The molecule has 1 amide bonds. The van der Waals surface area contributed by atoms with Crippen molar-refractivity contribution in [3.05, 3.63) is 60.2 Å². The van der Waals surface area contributed by atoms with Crippen LogP contribution in [0.3, 0.4) is 0 Å². The zero-order chi connectivity index (χ0) is 17.5. The molecule has 0 aliphatic heterocycles. The Bertz CT molecular complexity index is 666. The number of carbonyl (C=O) groups excluding carboxylic acids is 1. The van der Waals surface area contributed by atoms with Crippen molar-refractivity contribution in [2.24, 2.45) is 5.92 Å². The van der Waals surface area contributed by atoms with Crippen LogP contribution in [0.1, 0.15) is 31.2 Å². The van der Waals surface area contributed by atoms with Gasteiger partial charge in [-0.3, -0.25) is 4.79 Å². The van der Waals surface area contributed by atoms with Crippen LogP contribution in [0, 0.1) is 5.92 Å². The highest BCUT2D eigenvalue weighted by Gasteiger charge is 2.28. The van der Waals surface area contributed by atoms with Crippen LogP contribution < -0.4 is 5.32 Å². The number of ether oxygens (including phenoxy) is 1. The number of carbonyl (C=O) groups is 1. The molecule has 25 heavy (non-hydrogen) atoms. The van der Waals surface area contributed by atoms with E-state index < -0.39 is 0 Å². The van der Waals surface area contributed by atoms with Gasteiger partial charge < -0.3 is 10.1 Å². The van der Waals surface area contributed by atoms with E-state index in [2.05, 4.69) is 41.7 Å². The average molecular weight is 337 g/mol. The van der Waals surface area contributed by atoms with Crippen LogP contribution in [-0.4, -0.2) is 25.7 Å². The molecule has 1 saturated carbocycles. The minimum absolute atomic E-state index is 0.153. The number of hydrogen-bond donors (Lipinski definition) is 1. The largest absolute Gasteiger partial charge is 0.384 e. The normalized spacial score (nSPS) is 19.7. The lowest BCUT2D eigenvalue weighted by Gasteiger charge is -2.20. The molecule has 2 aromatic rings. The van der Waals surface area contributed by atoms with E-state index in [1.54, 1.807) is 7.11 Å². The lowest BCUT2D eigenvalue weighted by molar-refractivity contribution is -0.122. The number of aryl methyl sites for hydroxylation is 1. The second-order valence-corrected chi connectivity index (χ2v) is 6.88. The Balaban J connectivity index is 1.49. The number of hydrogen-bond acceptors (Lipinski definition) is 2. The fourth-order valence-electron chi connectivity index (χ4n) is 3.67. The van der Waals surface area contributed by atoms with Crippen molar-refractivity contribution in [3.63, 3.8) is 0 Å². The van der Waals surface area contributed by atoms with E-state index >= 15 is 0 Å². The summed E-state index contributed by atoms with van der Waals surface area (Å²) in [5.74, 6) is 0.624. The molecule has 132 valence electrons. The lowest BCUT2D eigenvalue weighted by atomic mass is 10.0. The summed E-state index contributed by atoms with van der Waals surface area (Å²) in [6.45, 7) is 0.742. The zero-order valence-electron chi connectivity index (χ0n) is 14.9. The standard InChI is InChI=1S/C22H27NO2/c1-25-16-20-8-5-9-21(20)23-22(24)15-12-17-10-13-19(14-11-17)18-6-3-2-4-7-18/h2-4,6-7,10-11,13-14,20-21H,5,8-9,12,15-16H2,1H3,(H,23,24)/t20-,21-/m1/s1. The summed E-state index contributed by atoms with van der Waals surface area (Å²) in [4.78, 5) is 12.3. The van der Waals surface area contributed by atoms with Gasteiger partial charge >= 0.3 is 0 Å². The molecule has 0 heterocycles. The summed E-state index contributed by atoms with van der Waals surface area (Å²) in [5.41, 5.74) is 3.63. The van der Waals surface area contributed by atoms with E-state index in [4.69, 9.17) is 4.74 Å². The number of amides is 1. The van der Waals surface area contributed by atoms with Crippen LogP contribution in [0.15, 0.2) is 54.6 Å². The summed E-state index contributed by atoms with van der Waals surface area (Å²) in [7, 11) is 1.73. The van der Waals surface area contributed by atoms with E-state index in [1.165, 1.54) is 23.1 Å². The Hall–Kier alpha value is -2.13. The summed E-state index contributed by atoms with van der Waals surface area (Å²) < 4.78 is 5.26. The Morgan fingerprint density at radius 1 is 1.04 bits per heavy atom. The maximum Gasteiger partial charge on any atom is 0.220 e. The second kappa shape index (κ2) is 8.82. The highest BCUT2D eigenvalue weighted by molar-refractivity contribution is 5.76. The molecular formula is C22H27NO2. The van der Waals surface area contributed by atoms with E-state index in [9.17, 15) is 4.79 Å². The Morgan fingerprint density at radius 3 is 2.48 bits per heavy atom. The Kier molecular flexibility index (Phi) is 6.24. The summed E-state index contributed by atoms with van der Waals surface area (Å²) in [6, 6.07) is 19.1. The third-order valence-corrected chi connectivity index (χ3v) is 5.09. The van der Waals surface area contributed by atoms with Gasteiger partial charge in [0, 0.05) is 25.5 Å². The van der Waals surface area contributed by atoms with Gasteiger partial charge in [0.05, 0.1) is 6.61 Å². The molecule has 3 heteroatoms. The smallest absolute Gasteiger partial charge is 0.220 e.